The molecule has 2 aromatic rings. The number of thiazole rings is 1. The highest BCUT2D eigenvalue weighted by Gasteiger charge is 2.02. The van der Waals surface area contributed by atoms with Gasteiger partial charge in [0, 0.05) is 17.3 Å². The van der Waals surface area contributed by atoms with Crippen LogP contribution >= 0.6 is 22.9 Å². The molecule has 1 aromatic carbocycles. The summed E-state index contributed by atoms with van der Waals surface area (Å²) in [6.45, 7) is 0.709. The van der Waals surface area contributed by atoms with Crippen LogP contribution in [-0.4, -0.2) is 12.1 Å². The van der Waals surface area contributed by atoms with Crippen molar-refractivity contribution in [2.24, 2.45) is 0 Å². The minimum Gasteiger partial charge on any atom is -0.495 e. The van der Waals surface area contributed by atoms with Gasteiger partial charge in [0.15, 0.2) is 0 Å². The first-order valence-electron chi connectivity index (χ1n) is 4.75. The molecule has 0 fully saturated rings. The monoisotopic (exact) mass is 254 g/mol. The van der Waals surface area contributed by atoms with Gasteiger partial charge >= 0.3 is 0 Å². The van der Waals surface area contributed by atoms with Crippen LogP contribution in [0.4, 0.5) is 5.69 Å². The second-order valence-corrected chi connectivity index (χ2v) is 4.52. The molecule has 1 N–H and O–H groups in total. The Kier molecular flexibility index (Phi) is 3.64. The van der Waals surface area contributed by atoms with E-state index in [2.05, 4.69) is 10.3 Å². The van der Waals surface area contributed by atoms with Crippen LogP contribution in [0.3, 0.4) is 0 Å². The van der Waals surface area contributed by atoms with Gasteiger partial charge in [-0.2, -0.15) is 0 Å². The number of anilines is 1. The summed E-state index contributed by atoms with van der Waals surface area (Å²) in [4.78, 5) is 4.19. The lowest BCUT2D eigenvalue weighted by atomic mass is 10.3. The minimum atomic E-state index is 0.603. The Morgan fingerprint density at radius 1 is 1.50 bits per heavy atom. The highest BCUT2D eigenvalue weighted by atomic mass is 35.5. The molecule has 84 valence electrons. The number of rotatable bonds is 4. The minimum absolute atomic E-state index is 0.603. The lowest BCUT2D eigenvalue weighted by molar-refractivity contribution is 0.415. The molecule has 0 radical (unpaired) electrons. The molecular weight excluding hydrogens is 244 g/mol. The molecule has 0 saturated heterocycles. The number of nitrogens with one attached hydrogen (secondary N) is 1. The standard InChI is InChI=1S/C11H11ClN2OS/c1-15-10-3-2-8(6-9(10)12)14-7-11-13-4-5-16-11/h2-6,14H,7H2,1H3. The summed E-state index contributed by atoms with van der Waals surface area (Å²) >= 11 is 7.63. The van der Waals surface area contributed by atoms with E-state index in [4.69, 9.17) is 16.3 Å². The average molecular weight is 255 g/mol. The third-order valence-electron chi connectivity index (χ3n) is 2.08. The van der Waals surface area contributed by atoms with Gasteiger partial charge in [0.1, 0.15) is 10.8 Å². The molecule has 0 aliphatic rings. The molecule has 0 aliphatic heterocycles. The number of ether oxygens (including phenoxy) is 1. The fraction of sp³-hybridized carbons (Fsp3) is 0.182. The number of nitrogens with zero attached hydrogens (tertiary/aromatic N) is 1. The maximum absolute atomic E-state index is 6.01. The summed E-state index contributed by atoms with van der Waals surface area (Å²) in [6.07, 6.45) is 1.79. The van der Waals surface area contributed by atoms with Gasteiger partial charge in [-0.15, -0.1) is 11.3 Å². The molecule has 1 heterocycles. The maximum Gasteiger partial charge on any atom is 0.137 e. The molecule has 0 bridgehead atoms. The summed E-state index contributed by atoms with van der Waals surface area (Å²) in [5.41, 5.74) is 0.959. The van der Waals surface area contributed by atoms with Crippen LogP contribution in [0.5, 0.6) is 5.75 Å². The number of hydrogen-bond donors (Lipinski definition) is 1. The fourth-order valence-electron chi connectivity index (χ4n) is 1.29. The summed E-state index contributed by atoms with van der Waals surface area (Å²) in [6, 6.07) is 5.61. The van der Waals surface area contributed by atoms with Gasteiger partial charge < -0.3 is 10.1 Å². The number of benzene rings is 1. The highest BCUT2D eigenvalue weighted by molar-refractivity contribution is 7.09. The Hall–Kier alpha value is -1.26. The average Bonchev–Trinajstić information content (AvgIpc) is 2.79. The van der Waals surface area contributed by atoms with Crippen LogP contribution in [0.25, 0.3) is 0 Å². The van der Waals surface area contributed by atoms with E-state index < -0.39 is 0 Å². The molecule has 5 heteroatoms. The van der Waals surface area contributed by atoms with Gasteiger partial charge in [-0.25, -0.2) is 4.98 Å². The predicted octanol–water partition coefficient (Wildman–Crippen LogP) is 3.42. The highest BCUT2D eigenvalue weighted by Crippen LogP contribution is 2.27. The van der Waals surface area contributed by atoms with Gasteiger partial charge in [0.25, 0.3) is 0 Å². The van der Waals surface area contributed by atoms with E-state index in [-0.39, 0.29) is 0 Å². The third-order valence-corrected chi connectivity index (χ3v) is 3.15. The third kappa shape index (κ3) is 2.65. The van der Waals surface area contributed by atoms with E-state index in [1.807, 2.05) is 23.6 Å². The van der Waals surface area contributed by atoms with Gasteiger partial charge in [-0.3, -0.25) is 0 Å². The Bertz CT molecular complexity index is 459. The Morgan fingerprint density at radius 2 is 2.38 bits per heavy atom. The molecule has 0 spiro atoms. The number of aromatic nitrogens is 1. The topological polar surface area (TPSA) is 34.1 Å². The van der Waals surface area contributed by atoms with Crippen LogP contribution in [0.2, 0.25) is 5.02 Å². The van der Waals surface area contributed by atoms with E-state index in [0.29, 0.717) is 17.3 Å². The van der Waals surface area contributed by atoms with Crippen LogP contribution in [0.1, 0.15) is 5.01 Å². The van der Waals surface area contributed by atoms with Crippen LogP contribution in [-0.2, 0) is 6.54 Å². The molecule has 3 nitrogen and oxygen atoms in total. The summed E-state index contributed by atoms with van der Waals surface area (Å²) in [5.74, 6) is 0.682. The van der Waals surface area contributed by atoms with Crippen LogP contribution < -0.4 is 10.1 Å². The lowest BCUT2D eigenvalue weighted by Crippen LogP contribution is -1.98. The Balaban J connectivity index is 2.02. The van der Waals surface area contributed by atoms with E-state index in [1.165, 1.54) is 0 Å². The molecule has 0 atom stereocenters. The first-order chi connectivity index (χ1) is 7.79. The second-order valence-electron chi connectivity index (χ2n) is 3.13. The summed E-state index contributed by atoms with van der Waals surface area (Å²) < 4.78 is 5.08. The predicted molar refractivity (Wildman–Crippen MR) is 67.4 cm³/mol. The molecule has 0 amide bonds. The molecule has 1 aromatic heterocycles. The normalized spacial score (nSPS) is 10.1. The van der Waals surface area contributed by atoms with Crippen molar-refractivity contribution in [1.29, 1.82) is 0 Å². The maximum atomic E-state index is 6.01. The smallest absolute Gasteiger partial charge is 0.137 e. The number of halogens is 1. The van der Waals surface area contributed by atoms with E-state index in [1.54, 1.807) is 24.6 Å². The quantitative estimate of drug-likeness (QED) is 0.908. The Labute approximate surface area is 103 Å². The van der Waals surface area contributed by atoms with Crippen molar-refractivity contribution in [3.63, 3.8) is 0 Å². The summed E-state index contributed by atoms with van der Waals surface area (Å²) in [7, 11) is 1.60. The first kappa shape index (κ1) is 11.2. The molecule has 0 aliphatic carbocycles. The van der Waals surface area contributed by atoms with Crippen molar-refractivity contribution in [3.8, 4) is 5.75 Å². The number of methoxy groups -OCH3 is 1. The Morgan fingerprint density at radius 3 is 3.00 bits per heavy atom. The van der Waals surface area contributed by atoms with Crippen molar-refractivity contribution in [3.05, 3.63) is 39.8 Å². The van der Waals surface area contributed by atoms with Crippen LogP contribution in [0.15, 0.2) is 29.8 Å². The van der Waals surface area contributed by atoms with Crippen molar-refractivity contribution >= 4 is 28.6 Å². The molecule has 0 saturated carbocycles. The van der Waals surface area contributed by atoms with E-state index in [0.717, 1.165) is 10.7 Å². The van der Waals surface area contributed by atoms with Gasteiger partial charge in [-0.1, -0.05) is 11.6 Å². The largest absolute Gasteiger partial charge is 0.495 e. The van der Waals surface area contributed by atoms with Gasteiger partial charge in [0.2, 0.25) is 0 Å². The van der Waals surface area contributed by atoms with Crippen molar-refractivity contribution in [2.75, 3.05) is 12.4 Å². The first-order valence-corrected chi connectivity index (χ1v) is 6.01. The zero-order valence-corrected chi connectivity index (χ0v) is 10.3. The van der Waals surface area contributed by atoms with Gasteiger partial charge in [-0.05, 0) is 18.2 Å². The summed E-state index contributed by atoms with van der Waals surface area (Å²) in [5, 5.41) is 6.85. The SMILES string of the molecule is COc1ccc(NCc2nccs2)cc1Cl. The fourth-order valence-corrected chi connectivity index (χ4v) is 2.11. The number of hydrogen-bond acceptors (Lipinski definition) is 4. The van der Waals surface area contributed by atoms with Crippen LogP contribution in [0, 0.1) is 0 Å². The van der Waals surface area contributed by atoms with Gasteiger partial charge in [0.05, 0.1) is 18.7 Å². The lowest BCUT2D eigenvalue weighted by Gasteiger charge is -2.07. The van der Waals surface area contributed by atoms with E-state index >= 15 is 0 Å². The molecule has 0 unspecified atom stereocenters. The zero-order chi connectivity index (χ0) is 11.4. The molecule has 16 heavy (non-hydrogen) atoms. The molecular formula is C11H11ClN2OS. The zero-order valence-electron chi connectivity index (χ0n) is 8.74. The van der Waals surface area contributed by atoms with Crippen molar-refractivity contribution in [1.82, 2.24) is 4.98 Å². The van der Waals surface area contributed by atoms with Crippen molar-refractivity contribution < 1.29 is 4.74 Å². The molecule has 2 rings (SSSR count). The van der Waals surface area contributed by atoms with E-state index in [9.17, 15) is 0 Å². The van der Waals surface area contributed by atoms with Crippen molar-refractivity contribution in [2.45, 2.75) is 6.54 Å². The second kappa shape index (κ2) is 5.18.